The zero-order chi connectivity index (χ0) is 17.9. The van der Waals surface area contributed by atoms with Crippen LogP contribution in [-0.2, 0) is 14.3 Å². The quantitative estimate of drug-likeness (QED) is 0.634. The van der Waals surface area contributed by atoms with Gasteiger partial charge in [-0.15, -0.1) is 0 Å². The van der Waals surface area contributed by atoms with Crippen molar-refractivity contribution >= 4 is 11.8 Å². The molecule has 1 aliphatic heterocycles. The highest BCUT2D eigenvalue weighted by Crippen LogP contribution is 2.21. The van der Waals surface area contributed by atoms with E-state index in [2.05, 4.69) is 17.2 Å². The Morgan fingerprint density at radius 3 is 2.64 bits per heavy atom. The predicted molar refractivity (Wildman–Crippen MR) is 96.7 cm³/mol. The van der Waals surface area contributed by atoms with Crippen molar-refractivity contribution in [1.82, 2.24) is 10.2 Å². The molecule has 1 aromatic carbocycles. The van der Waals surface area contributed by atoms with Crippen molar-refractivity contribution < 1.29 is 14.3 Å². The lowest BCUT2D eigenvalue weighted by atomic mass is 9.92. The number of carbonyl (C=O) groups excluding carboxylic acids is 2. The average molecular weight is 342 g/mol. The van der Waals surface area contributed by atoms with Crippen molar-refractivity contribution in [3.05, 3.63) is 35.9 Å². The van der Waals surface area contributed by atoms with E-state index in [1.54, 1.807) is 7.11 Å². The molecule has 0 spiro atoms. The van der Waals surface area contributed by atoms with E-state index in [0.29, 0.717) is 25.5 Å². The molecule has 2 rings (SSSR count). The molecule has 25 heavy (non-hydrogen) atoms. The molecular formula is C20H26N2O3. The summed E-state index contributed by atoms with van der Waals surface area (Å²) < 4.78 is 4.91. The summed E-state index contributed by atoms with van der Waals surface area (Å²) in [4.78, 5) is 25.7. The van der Waals surface area contributed by atoms with E-state index < -0.39 is 0 Å². The number of carbonyl (C=O) groups is 2. The van der Waals surface area contributed by atoms with Crippen molar-refractivity contribution in [1.29, 1.82) is 0 Å². The number of piperidine rings is 1. The fraction of sp³-hybridized carbons (Fsp3) is 0.500. The number of nitrogens with zero attached hydrogens (tertiary/aromatic N) is 1. The number of methoxy groups -OCH3 is 1. The van der Waals surface area contributed by atoms with Gasteiger partial charge in [0.2, 0.25) is 5.91 Å². The van der Waals surface area contributed by atoms with E-state index in [1.165, 1.54) is 0 Å². The maximum absolute atomic E-state index is 12.2. The van der Waals surface area contributed by atoms with Gasteiger partial charge < -0.3 is 15.0 Å². The Morgan fingerprint density at radius 1 is 1.24 bits per heavy atom. The van der Waals surface area contributed by atoms with Crippen molar-refractivity contribution in [2.45, 2.75) is 25.7 Å². The summed E-state index contributed by atoms with van der Waals surface area (Å²) in [6.07, 6.45) is 3.28. The van der Waals surface area contributed by atoms with Gasteiger partial charge in [-0.25, -0.2) is 0 Å². The molecule has 0 saturated carbocycles. The van der Waals surface area contributed by atoms with Crippen molar-refractivity contribution in [2.75, 3.05) is 33.4 Å². The largest absolute Gasteiger partial charge is 0.383 e. The number of hydrogen-bond acceptors (Lipinski definition) is 3. The maximum atomic E-state index is 12.2. The molecule has 1 N–H and O–H groups in total. The molecule has 5 heteroatoms. The summed E-state index contributed by atoms with van der Waals surface area (Å²) in [5.74, 6) is 6.10. The van der Waals surface area contributed by atoms with Crippen LogP contribution in [0.15, 0.2) is 30.3 Å². The minimum Gasteiger partial charge on any atom is -0.383 e. The molecule has 0 unspecified atom stereocenters. The second-order valence-electron chi connectivity index (χ2n) is 6.23. The summed E-state index contributed by atoms with van der Waals surface area (Å²) in [7, 11) is 1.62. The molecule has 1 heterocycles. The Balaban J connectivity index is 1.68. The monoisotopic (exact) mass is 342 g/mol. The van der Waals surface area contributed by atoms with Crippen molar-refractivity contribution in [2.24, 2.45) is 5.92 Å². The number of nitrogens with one attached hydrogen (secondary N) is 1. The first-order valence-corrected chi connectivity index (χ1v) is 8.80. The molecule has 5 nitrogen and oxygen atoms in total. The Kier molecular flexibility index (Phi) is 8.00. The molecule has 1 saturated heterocycles. The fourth-order valence-electron chi connectivity index (χ4n) is 2.87. The molecule has 1 fully saturated rings. The molecule has 1 aliphatic rings. The SMILES string of the molecule is COCCNC(=O)CCC1CCN(C(=O)C#Cc2ccccc2)CC1. The van der Waals surface area contributed by atoms with E-state index in [1.807, 2.05) is 35.2 Å². The normalized spacial score (nSPS) is 14.5. The average Bonchev–Trinajstić information content (AvgIpc) is 2.66. The number of rotatable bonds is 6. The van der Waals surface area contributed by atoms with Crippen LogP contribution in [0.3, 0.4) is 0 Å². The van der Waals surface area contributed by atoms with E-state index in [-0.39, 0.29) is 11.8 Å². The summed E-state index contributed by atoms with van der Waals surface area (Å²) in [5.41, 5.74) is 0.852. The molecule has 1 aromatic rings. The first-order valence-electron chi connectivity index (χ1n) is 8.80. The third-order valence-electron chi connectivity index (χ3n) is 4.40. The Labute approximate surface area is 149 Å². The zero-order valence-electron chi connectivity index (χ0n) is 14.8. The summed E-state index contributed by atoms with van der Waals surface area (Å²) in [6, 6.07) is 9.53. The summed E-state index contributed by atoms with van der Waals surface area (Å²) in [5, 5.41) is 2.84. The highest BCUT2D eigenvalue weighted by Gasteiger charge is 2.22. The lowest BCUT2D eigenvalue weighted by Gasteiger charge is -2.30. The Morgan fingerprint density at radius 2 is 1.96 bits per heavy atom. The minimum atomic E-state index is -0.111. The van der Waals surface area contributed by atoms with Crippen LogP contribution in [0.5, 0.6) is 0 Å². The highest BCUT2D eigenvalue weighted by molar-refractivity contribution is 5.94. The van der Waals surface area contributed by atoms with Crippen LogP contribution in [0.4, 0.5) is 0 Å². The molecule has 0 aliphatic carbocycles. The van der Waals surface area contributed by atoms with Gasteiger partial charge in [-0.05, 0) is 37.3 Å². The minimum absolute atomic E-state index is 0.0734. The van der Waals surface area contributed by atoms with Crippen LogP contribution in [-0.4, -0.2) is 50.1 Å². The van der Waals surface area contributed by atoms with Gasteiger partial charge in [0.15, 0.2) is 0 Å². The fourth-order valence-corrected chi connectivity index (χ4v) is 2.87. The van der Waals surface area contributed by atoms with Gasteiger partial charge in [0.1, 0.15) is 0 Å². The van der Waals surface area contributed by atoms with Gasteiger partial charge >= 0.3 is 0 Å². The first-order chi connectivity index (χ1) is 12.2. The third-order valence-corrected chi connectivity index (χ3v) is 4.40. The molecule has 2 amide bonds. The smallest absolute Gasteiger partial charge is 0.298 e. The maximum Gasteiger partial charge on any atom is 0.298 e. The lowest BCUT2D eigenvalue weighted by Crippen LogP contribution is -2.38. The topological polar surface area (TPSA) is 58.6 Å². The number of benzene rings is 1. The van der Waals surface area contributed by atoms with Gasteiger partial charge in [-0.1, -0.05) is 24.1 Å². The molecule has 134 valence electrons. The van der Waals surface area contributed by atoms with E-state index in [0.717, 1.165) is 37.9 Å². The number of hydrogen-bond donors (Lipinski definition) is 1. The highest BCUT2D eigenvalue weighted by atomic mass is 16.5. The van der Waals surface area contributed by atoms with Gasteiger partial charge in [0.05, 0.1) is 6.61 Å². The van der Waals surface area contributed by atoms with Gasteiger partial charge in [-0.3, -0.25) is 9.59 Å². The number of amides is 2. The second-order valence-corrected chi connectivity index (χ2v) is 6.23. The molecular weight excluding hydrogens is 316 g/mol. The Bertz CT molecular complexity index is 611. The standard InChI is InChI=1S/C20H26N2O3/c1-25-16-13-21-19(23)9-7-18-11-14-22(15-12-18)20(24)10-8-17-5-3-2-4-6-17/h2-6,18H,7,9,11-16H2,1H3,(H,21,23). The number of likely N-dealkylation sites (tertiary alicyclic amines) is 1. The second kappa shape index (κ2) is 10.5. The molecule has 0 atom stereocenters. The van der Waals surface area contributed by atoms with E-state index >= 15 is 0 Å². The van der Waals surface area contributed by atoms with Crippen LogP contribution in [0.1, 0.15) is 31.2 Å². The molecule has 0 aromatic heterocycles. The van der Waals surface area contributed by atoms with Crippen LogP contribution in [0.25, 0.3) is 0 Å². The Hall–Kier alpha value is -2.32. The van der Waals surface area contributed by atoms with Crippen LogP contribution in [0, 0.1) is 17.8 Å². The molecule has 0 radical (unpaired) electrons. The van der Waals surface area contributed by atoms with E-state index in [9.17, 15) is 9.59 Å². The van der Waals surface area contributed by atoms with Crippen LogP contribution in [0.2, 0.25) is 0 Å². The summed E-state index contributed by atoms with van der Waals surface area (Å²) in [6.45, 7) is 2.54. The van der Waals surface area contributed by atoms with Crippen LogP contribution >= 0.6 is 0 Å². The number of ether oxygens (including phenoxy) is 1. The zero-order valence-corrected chi connectivity index (χ0v) is 14.8. The van der Waals surface area contributed by atoms with Gasteiger partial charge in [-0.2, -0.15) is 0 Å². The van der Waals surface area contributed by atoms with Gasteiger partial charge in [0.25, 0.3) is 5.91 Å². The molecule has 0 bridgehead atoms. The van der Waals surface area contributed by atoms with Crippen molar-refractivity contribution in [3.63, 3.8) is 0 Å². The third kappa shape index (κ3) is 6.98. The van der Waals surface area contributed by atoms with Gasteiger partial charge in [0, 0.05) is 44.6 Å². The van der Waals surface area contributed by atoms with Crippen LogP contribution < -0.4 is 5.32 Å². The lowest BCUT2D eigenvalue weighted by molar-refractivity contribution is -0.127. The van der Waals surface area contributed by atoms with E-state index in [4.69, 9.17) is 4.74 Å². The predicted octanol–water partition coefficient (Wildman–Crippen LogP) is 1.82. The summed E-state index contributed by atoms with van der Waals surface area (Å²) >= 11 is 0. The van der Waals surface area contributed by atoms with Crippen molar-refractivity contribution in [3.8, 4) is 11.8 Å². The first kappa shape index (κ1) is 19.0.